The van der Waals surface area contributed by atoms with E-state index in [4.69, 9.17) is 0 Å². The monoisotopic (exact) mass is 248 g/mol. The Morgan fingerprint density at radius 2 is 2.00 bits per heavy atom. The Morgan fingerprint density at radius 1 is 1.22 bits per heavy atom. The summed E-state index contributed by atoms with van der Waals surface area (Å²) in [6.07, 6.45) is 1.21. The molecule has 1 heterocycles. The van der Waals surface area contributed by atoms with E-state index in [9.17, 15) is 13.6 Å². The van der Waals surface area contributed by atoms with Gasteiger partial charge in [-0.15, -0.1) is 0 Å². The van der Waals surface area contributed by atoms with Crippen molar-refractivity contribution in [3.8, 4) is 0 Å². The van der Waals surface area contributed by atoms with Crippen LogP contribution in [0.2, 0.25) is 0 Å². The molecule has 1 aromatic heterocycles. The van der Waals surface area contributed by atoms with E-state index in [-0.39, 0.29) is 5.56 Å². The molecule has 0 saturated carbocycles. The van der Waals surface area contributed by atoms with E-state index in [1.165, 1.54) is 42.4 Å². The van der Waals surface area contributed by atoms with Crippen LogP contribution in [0.1, 0.15) is 10.4 Å². The Hall–Kier alpha value is -2.30. The lowest BCUT2D eigenvalue weighted by Crippen LogP contribution is -2.26. The number of amides is 1. The number of benzene rings is 1. The van der Waals surface area contributed by atoms with Crippen LogP contribution in [-0.4, -0.2) is 17.9 Å². The van der Waals surface area contributed by atoms with Crippen LogP contribution in [0.25, 0.3) is 0 Å². The maximum absolute atomic E-state index is 13.0. The number of carbonyl (C=O) groups excluding carboxylic acids is 1. The summed E-state index contributed by atoms with van der Waals surface area (Å²) in [5.41, 5.74) is 0.562. The number of hydrogen-bond donors (Lipinski definition) is 0. The van der Waals surface area contributed by atoms with Gasteiger partial charge in [0.25, 0.3) is 5.91 Å². The summed E-state index contributed by atoms with van der Waals surface area (Å²) >= 11 is 0. The van der Waals surface area contributed by atoms with Crippen LogP contribution in [0, 0.1) is 11.8 Å². The molecule has 18 heavy (non-hydrogen) atoms. The van der Waals surface area contributed by atoms with Gasteiger partial charge < -0.3 is 4.90 Å². The molecule has 0 N–H and O–H groups in total. The van der Waals surface area contributed by atoms with E-state index >= 15 is 0 Å². The van der Waals surface area contributed by atoms with Crippen LogP contribution in [0.3, 0.4) is 0 Å². The second-order valence-corrected chi connectivity index (χ2v) is 3.71. The Kier molecular flexibility index (Phi) is 3.32. The first-order valence-corrected chi connectivity index (χ1v) is 5.23. The van der Waals surface area contributed by atoms with Crippen molar-refractivity contribution in [2.75, 3.05) is 11.9 Å². The molecule has 0 radical (unpaired) electrons. The van der Waals surface area contributed by atoms with Crippen molar-refractivity contribution in [3.63, 3.8) is 0 Å². The molecule has 2 rings (SSSR count). The maximum atomic E-state index is 13.0. The highest BCUT2D eigenvalue weighted by atomic mass is 19.1. The van der Waals surface area contributed by atoms with Gasteiger partial charge in [0, 0.05) is 30.6 Å². The Labute approximate surface area is 103 Å². The first kappa shape index (κ1) is 12.2. The number of rotatable bonds is 2. The number of nitrogens with zero attached hydrogens (tertiary/aromatic N) is 2. The number of aromatic nitrogens is 1. The van der Waals surface area contributed by atoms with E-state index in [0.29, 0.717) is 5.69 Å². The SMILES string of the molecule is CN(C(=O)c1ccnc(F)c1)c1cccc(F)c1. The molecule has 92 valence electrons. The van der Waals surface area contributed by atoms with Crippen LogP contribution >= 0.6 is 0 Å². The number of pyridine rings is 1. The summed E-state index contributed by atoms with van der Waals surface area (Å²) in [7, 11) is 1.50. The number of anilines is 1. The molecule has 5 heteroatoms. The molecule has 0 spiro atoms. The molecule has 0 saturated heterocycles. The molecule has 2 aromatic rings. The van der Waals surface area contributed by atoms with Gasteiger partial charge in [-0.3, -0.25) is 4.79 Å². The Morgan fingerprint density at radius 3 is 2.67 bits per heavy atom. The zero-order chi connectivity index (χ0) is 13.1. The fourth-order valence-corrected chi connectivity index (χ4v) is 1.53. The lowest BCUT2D eigenvalue weighted by atomic mass is 10.2. The predicted molar refractivity (Wildman–Crippen MR) is 63.3 cm³/mol. The quantitative estimate of drug-likeness (QED) is 0.765. The highest BCUT2D eigenvalue weighted by Gasteiger charge is 2.14. The van der Waals surface area contributed by atoms with Gasteiger partial charge in [-0.2, -0.15) is 4.39 Å². The van der Waals surface area contributed by atoms with Crippen molar-refractivity contribution in [1.82, 2.24) is 4.98 Å². The van der Waals surface area contributed by atoms with Crippen molar-refractivity contribution in [2.45, 2.75) is 0 Å². The van der Waals surface area contributed by atoms with E-state index in [1.54, 1.807) is 6.07 Å². The lowest BCUT2D eigenvalue weighted by molar-refractivity contribution is 0.0992. The number of hydrogen-bond acceptors (Lipinski definition) is 2. The third-order valence-corrected chi connectivity index (χ3v) is 2.47. The zero-order valence-electron chi connectivity index (χ0n) is 9.60. The van der Waals surface area contributed by atoms with Crippen LogP contribution < -0.4 is 4.90 Å². The second-order valence-electron chi connectivity index (χ2n) is 3.71. The van der Waals surface area contributed by atoms with E-state index in [0.717, 1.165) is 6.07 Å². The first-order chi connectivity index (χ1) is 8.58. The predicted octanol–water partition coefficient (Wildman–Crippen LogP) is 2.64. The van der Waals surface area contributed by atoms with E-state index in [2.05, 4.69) is 4.98 Å². The highest BCUT2D eigenvalue weighted by Crippen LogP contribution is 2.16. The van der Waals surface area contributed by atoms with E-state index < -0.39 is 17.7 Å². The van der Waals surface area contributed by atoms with Crippen molar-refractivity contribution in [3.05, 3.63) is 59.9 Å². The summed E-state index contributed by atoms with van der Waals surface area (Å²) in [6, 6.07) is 8.06. The molecule has 1 aromatic carbocycles. The van der Waals surface area contributed by atoms with Gasteiger partial charge in [-0.1, -0.05) is 6.07 Å². The number of halogens is 2. The van der Waals surface area contributed by atoms with E-state index in [1.807, 2.05) is 0 Å². The largest absolute Gasteiger partial charge is 0.311 e. The van der Waals surface area contributed by atoms with Gasteiger partial charge >= 0.3 is 0 Å². The van der Waals surface area contributed by atoms with Gasteiger partial charge in [-0.05, 0) is 24.3 Å². The minimum absolute atomic E-state index is 0.161. The fourth-order valence-electron chi connectivity index (χ4n) is 1.53. The highest BCUT2D eigenvalue weighted by molar-refractivity contribution is 6.05. The minimum atomic E-state index is -0.728. The summed E-state index contributed by atoms with van der Waals surface area (Å²) in [6.45, 7) is 0. The van der Waals surface area contributed by atoms with Crippen molar-refractivity contribution in [1.29, 1.82) is 0 Å². The Balaban J connectivity index is 2.29. The van der Waals surface area contributed by atoms with Gasteiger partial charge in [-0.25, -0.2) is 9.37 Å². The third kappa shape index (κ3) is 2.51. The number of carbonyl (C=O) groups is 1. The van der Waals surface area contributed by atoms with Crippen LogP contribution in [0.5, 0.6) is 0 Å². The van der Waals surface area contributed by atoms with Crippen molar-refractivity contribution >= 4 is 11.6 Å². The van der Waals surface area contributed by atoms with Crippen molar-refractivity contribution < 1.29 is 13.6 Å². The topological polar surface area (TPSA) is 33.2 Å². The summed E-state index contributed by atoms with van der Waals surface area (Å²) in [5, 5.41) is 0. The van der Waals surface area contributed by atoms with Crippen LogP contribution in [0.15, 0.2) is 42.6 Å². The van der Waals surface area contributed by atoms with Gasteiger partial charge in [0.05, 0.1) is 0 Å². The third-order valence-electron chi connectivity index (χ3n) is 2.47. The van der Waals surface area contributed by atoms with Crippen LogP contribution in [0.4, 0.5) is 14.5 Å². The first-order valence-electron chi connectivity index (χ1n) is 5.23. The molecule has 0 bridgehead atoms. The molecule has 0 atom stereocenters. The second kappa shape index (κ2) is 4.91. The lowest BCUT2D eigenvalue weighted by Gasteiger charge is -2.17. The normalized spacial score (nSPS) is 10.2. The summed E-state index contributed by atoms with van der Waals surface area (Å²) in [5.74, 6) is -1.59. The molecule has 0 fully saturated rings. The standard InChI is InChI=1S/C13H10F2N2O/c1-17(11-4-2-3-10(14)8-11)13(18)9-5-6-16-12(15)7-9/h2-8H,1H3. The Bertz CT molecular complexity index is 587. The summed E-state index contributed by atoms with van der Waals surface area (Å²) in [4.78, 5) is 16.6. The van der Waals surface area contributed by atoms with Crippen LogP contribution in [-0.2, 0) is 0 Å². The minimum Gasteiger partial charge on any atom is -0.311 e. The molecule has 1 amide bonds. The average molecular weight is 248 g/mol. The molecule has 0 aliphatic heterocycles. The van der Waals surface area contributed by atoms with Gasteiger partial charge in [0.15, 0.2) is 0 Å². The van der Waals surface area contributed by atoms with Gasteiger partial charge in [0.1, 0.15) is 5.82 Å². The fraction of sp³-hybridized carbons (Fsp3) is 0.0769. The molecule has 0 aliphatic rings. The molecule has 3 nitrogen and oxygen atoms in total. The van der Waals surface area contributed by atoms with Crippen molar-refractivity contribution in [2.24, 2.45) is 0 Å². The zero-order valence-corrected chi connectivity index (χ0v) is 9.60. The van der Waals surface area contributed by atoms with Gasteiger partial charge in [0.2, 0.25) is 5.95 Å². The molecule has 0 aliphatic carbocycles. The molecule has 0 unspecified atom stereocenters. The summed E-state index contributed by atoms with van der Waals surface area (Å²) < 4.78 is 26.0. The smallest absolute Gasteiger partial charge is 0.258 e. The average Bonchev–Trinajstić information content (AvgIpc) is 2.37. The molecular formula is C13H10F2N2O. The maximum Gasteiger partial charge on any atom is 0.258 e. The molecular weight excluding hydrogens is 238 g/mol.